The summed E-state index contributed by atoms with van der Waals surface area (Å²) in [5.41, 5.74) is 0.757. The van der Waals surface area contributed by atoms with Crippen molar-refractivity contribution in [1.82, 2.24) is 4.90 Å². The number of benzene rings is 1. The lowest BCUT2D eigenvalue weighted by atomic mass is 9.94. The summed E-state index contributed by atoms with van der Waals surface area (Å²) < 4.78 is 15.8. The van der Waals surface area contributed by atoms with Gasteiger partial charge < -0.3 is 19.1 Å². The second kappa shape index (κ2) is 8.12. The third-order valence-corrected chi connectivity index (χ3v) is 4.57. The number of rotatable bonds is 6. The molecular weight excluding hydrogens is 366 g/mol. The number of ether oxygens (including phenoxy) is 3. The molecule has 2 heterocycles. The molecule has 2 unspecified atom stereocenters. The fourth-order valence-corrected chi connectivity index (χ4v) is 3.25. The van der Waals surface area contributed by atoms with Crippen LogP contribution in [-0.4, -0.2) is 48.5 Å². The Labute approximate surface area is 162 Å². The molecule has 28 heavy (non-hydrogen) atoms. The quantitative estimate of drug-likeness (QED) is 0.419. The van der Waals surface area contributed by atoms with Crippen molar-refractivity contribution < 1.29 is 23.9 Å². The molecule has 1 aromatic rings. The van der Waals surface area contributed by atoms with E-state index < -0.39 is 16.9 Å². The summed E-state index contributed by atoms with van der Waals surface area (Å²) in [4.78, 5) is 29.2. The number of allylic oxidation sites excluding steroid dienone is 1. The van der Waals surface area contributed by atoms with Gasteiger partial charge in [-0.05, 0) is 30.7 Å². The molecule has 0 spiro atoms. The van der Waals surface area contributed by atoms with Crippen molar-refractivity contribution in [2.24, 2.45) is 4.99 Å². The number of carbonyl (C=O) groups is 1. The number of carbonyl (C=O) groups excluding carboxylic acids is 1. The molecule has 0 fully saturated rings. The van der Waals surface area contributed by atoms with Crippen molar-refractivity contribution >= 4 is 11.8 Å². The highest BCUT2D eigenvalue weighted by Crippen LogP contribution is 2.38. The Morgan fingerprint density at radius 2 is 2.04 bits per heavy atom. The fourth-order valence-electron chi connectivity index (χ4n) is 3.25. The molecule has 0 saturated carbocycles. The SMILES string of the molecule is CCOC(=O)C1CC(c2ccc(OC)c(OC)c2)N2C=C([N+](=O)[O-])C=CC2=N1. The Morgan fingerprint density at radius 3 is 2.68 bits per heavy atom. The Morgan fingerprint density at radius 1 is 1.29 bits per heavy atom. The maximum absolute atomic E-state index is 12.3. The van der Waals surface area contributed by atoms with Crippen molar-refractivity contribution in [3.8, 4) is 11.5 Å². The highest BCUT2D eigenvalue weighted by Gasteiger charge is 2.36. The van der Waals surface area contributed by atoms with Crippen LogP contribution in [0.15, 0.2) is 47.2 Å². The molecule has 2 aliphatic heterocycles. The van der Waals surface area contributed by atoms with Gasteiger partial charge in [0.25, 0.3) is 5.70 Å². The first-order chi connectivity index (χ1) is 13.5. The number of nitrogens with zero attached hydrogens (tertiary/aromatic N) is 3. The molecule has 1 aromatic carbocycles. The van der Waals surface area contributed by atoms with Crippen LogP contribution in [-0.2, 0) is 9.53 Å². The fraction of sp³-hybridized carbons (Fsp3) is 0.368. The van der Waals surface area contributed by atoms with E-state index in [-0.39, 0.29) is 18.3 Å². The molecule has 2 atom stereocenters. The summed E-state index contributed by atoms with van der Waals surface area (Å²) in [6.45, 7) is 1.99. The van der Waals surface area contributed by atoms with Crippen LogP contribution >= 0.6 is 0 Å². The van der Waals surface area contributed by atoms with Crippen molar-refractivity contribution in [2.75, 3.05) is 20.8 Å². The maximum atomic E-state index is 12.3. The largest absolute Gasteiger partial charge is 0.493 e. The second-order valence-electron chi connectivity index (χ2n) is 6.17. The van der Waals surface area contributed by atoms with Crippen LogP contribution in [0.1, 0.15) is 24.9 Å². The summed E-state index contributed by atoms with van der Waals surface area (Å²) >= 11 is 0. The van der Waals surface area contributed by atoms with Crippen molar-refractivity contribution in [2.45, 2.75) is 25.4 Å². The van der Waals surface area contributed by atoms with Crippen LogP contribution in [0.4, 0.5) is 0 Å². The van der Waals surface area contributed by atoms with Gasteiger partial charge in [0.15, 0.2) is 17.5 Å². The topological polar surface area (TPSA) is 104 Å². The maximum Gasteiger partial charge on any atom is 0.331 e. The molecule has 0 radical (unpaired) electrons. The summed E-state index contributed by atoms with van der Waals surface area (Å²) in [5, 5.41) is 11.2. The molecule has 0 aromatic heterocycles. The number of fused-ring (bicyclic) bond motifs is 1. The first kappa shape index (κ1) is 19.4. The standard InChI is InChI=1S/C19H21N3O6/c1-4-28-19(23)14-10-15(12-5-7-16(26-2)17(9-12)27-3)21-11-13(22(24)25)6-8-18(21)20-14/h5-9,11,14-15H,4,10H2,1-3H3. The molecule has 9 nitrogen and oxygen atoms in total. The van der Waals surface area contributed by atoms with E-state index in [1.54, 1.807) is 31.1 Å². The van der Waals surface area contributed by atoms with Gasteiger partial charge in [-0.15, -0.1) is 0 Å². The van der Waals surface area contributed by atoms with Gasteiger partial charge in [-0.2, -0.15) is 0 Å². The van der Waals surface area contributed by atoms with Crippen LogP contribution in [0.3, 0.4) is 0 Å². The lowest BCUT2D eigenvalue weighted by molar-refractivity contribution is -0.420. The number of nitro groups is 1. The minimum atomic E-state index is -0.695. The highest BCUT2D eigenvalue weighted by molar-refractivity contribution is 5.98. The normalized spacial score (nSPS) is 20.6. The van der Waals surface area contributed by atoms with Gasteiger partial charge in [0, 0.05) is 12.5 Å². The number of methoxy groups -OCH3 is 2. The predicted octanol–water partition coefficient (Wildman–Crippen LogP) is 2.47. The number of amidine groups is 1. The van der Waals surface area contributed by atoms with E-state index >= 15 is 0 Å². The summed E-state index contributed by atoms with van der Waals surface area (Å²) in [6, 6.07) is 4.35. The lowest BCUT2D eigenvalue weighted by Crippen LogP contribution is -2.41. The Balaban J connectivity index is 2.04. The lowest BCUT2D eigenvalue weighted by Gasteiger charge is -2.37. The van der Waals surface area contributed by atoms with E-state index in [9.17, 15) is 14.9 Å². The first-order valence-corrected chi connectivity index (χ1v) is 8.77. The predicted molar refractivity (Wildman–Crippen MR) is 101 cm³/mol. The average molecular weight is 387 g/mol. The third-order valence-electron chi connectivity index (χ3n) is 4.57. The van der Waals surface area contributed by atoms with E-state index in [2.05, 4.69) is 4.99 Å². The van der Waals surface area contributed by atoms with Gasteiger partial charge in [0.05, 0.1) is 38.0 Å². The van der Waals surface area contributed by atoms with Crippen LogP contribution in [0.2, 0.25) is 0 Å². The smallest absolute Gasteiger partial charge is 0.331 e. The van der Waals surface area contributed by atoms with Gasteiger partial charge in [-0.3, -0.25) is 15.1 Å². The molecule has 9 heteroatoms. The van der Waals surface area contributed by atoms with Crippen molar-refractivity contribution in [3.05, 3.63) is 57.9 Å². The zero-order valence-electron chi connectivity index (χ0n) is 15.8. The minimum Gasteiger partial charge on any atom is -0.493 e. The van der Waals surface area contributed by atoms with Gasteiger partial charge in [-0.1, -0.05) is 6.07 Å². The molecule has 0 saturated heterocycles. The summed E-state index contributed by atoms with van der Waals surface area (Å²) in [5.74, 6) is 1.15. The molecule has 0 bridgehead atoms. The Hall–Kier alpha value is -3.36. The van der Waals surface area contributed by atoms with Gasteiger partial charge in [0.2, 0.25) is 0 Å². The van der Waals surface area contributed by atoms with Gasteiger partial charge in [-0.25, -0.2) is 4.79 Å². The van der Waals surface area contributed by atoms with E-state index in [0.717, 1.165) is 5.56 Å². The molecule has 2 aliphatic rings. The molecule has 0 amide bonds. The van der Waals surface area contributed by atoms with E-state index in [1.807, 2.05) is 6.07 Å². The first-order valence-electron chi connectivity index (χ1n) is 8.77. The van der Waals surface area contributed by atoms with Crippen molar-refractivity contribution in [3.63, 3.8) is 0 Å². The molecule has 0 aliphatic carbocycles. The molecule has 3 rings (SSSR count). The number of hydrogen-bond donors (Lipinski definition) is 0. The van der Waals surface area contributed by atoms with Crippen LogP contribution in [0, 0.1) is 10.1 Å². The molecular formula is C19H21N3O6. The Bertz CT molecular complexity index is 876. The molecule has 0 N–H and O–H groups in total. The molecule has 148 valence electrons. The summed E-state index contributed by atoms with van der Waals surface area (Å²) in [7, 11) is 3.08. The van der Waals surface area contributed by atoms with Crippen LogP contribution in [0.25, 0.3) is 0 Å². The van der Waals surface area contributed by atoms with Crippen LogP contribution < -0.4 is 9.47 Å². The second-order valence-corrected chi connectivity index (χ2v) is 6.17. The van der Waals surface area contributed by atoms with E-state index in [1.165, 1.54) is 25.5 Å². The minimum absolute atomic E-state index is 0.0565. The third kappa shape index (κ3) is 3.68. The monoisotopic (exact) mass is 387 g/mol. The van der Waals surface area contributed by atoms with Gasteiger partial charge >= 0.3 is 5.97 Å². The highest BCUT2D eigenvalue weighted by atomic mass is 16.6. The van der Waals surface area contributed by atoms with Crippen molar-refractivity contribution in [1.29, 1.82) is 0 Å². The van der Waals surface area contributed by atoms with Crippen LogP contribution in [0.5, 0.6) is 11.5 Å². The number of aliphatic imine (C=N–C) groups is 1. The number of esters is 1. The van der Waals surface area contributed by atoms with E-state index in [0.29, 0.717) is 23.8 Å². The average Bonchev–Trinajstić information content (AvgIpc) is 2.72. The number of hydrogen-bond acceptors (Lipinski definition) is 8. The zero-order valence-corrected chi connectivity index (χ0v) is 15.8. The van der Waals surface area contributed by atoms with E-state index in [4.69, 9.17) is 14.2 Å². The van der Waals surface area contributed by atoms with Gasteiger partial charge in [0.1, 0.15) is 5.84 Å². The Kier molecular flexibility index (Phi) is 5.62. The zero-order chi connectivity index (χ0) is 20.3. The summed E-state index contributed by atoms with van der Waals surface area (Å²) in [6.07, 6.45) is 4.65.